The third-order valence-electron chi connectivity index (χ3n) is 4.65. The van der Waals surface area contributed by atoms with Gasteiger partial charge in [0.15, 0.2) is 0 Å². The molecule has 0 amide bonds. The minimum absolute atomic E-state index is 0. The van der Waals surface area contributed by atoms with E-state index in [1.54, 1.807) is 24.3 Å². The molecule has 0 heterocycles. The number of carbonyl (C=O) groups is 2. The Kier molecular flexibility index (Phi) is 11.9. The Morgan fingerprint density at radius 1 is 0.741 bits per heavy atom. The Labute approximate surface area is 181 Å². The zero-order valence-corrected chi connectivity index (χ0v) is 20.6. The van der Waals surface area contributed by atoms with Crippen LogP contribution in [0.4, 0.5) is 0 Å². The molecule has 2 unspecified atom stereocenters. The van der Waals surface area contributed by atoms with Crippen molar-refractivity contribution in [2.24, 2.45) is 0 Å². The average Bonchev–Trinajstić information content (AvgIpc) is 2.67. The molecule has 0 N–H and O–H groups in total. The van der Waals surface area contributed by atoms with Crippen LogP contribution in [0.2, 0.25) is 0 Å². The van der Waals surface area contributed by atoms with E-state index in [1.165, 1.54) is 0 Å². The van der Waals surface area contributed by atoms with Crippen molar-refractivity contribution in [1.82, 2.24) is 0 Å². The Balaban J connectivity index is 0.000000483. The quantitative estimate of drug-likeness (QED) is 0.613. The van der Waals surface area contributed by atoms with Gasteiger partial charge in [-0.15, -0.1) is 0 Å². The van der Waals surface area contributed by atoms with E-state index in [0.29, 0.717) is 11.1 Å². The second kappa shape index (κ2) is 12.6. The molecule has 4 nitrogen and oxygen atoms in total. The maximum absolute atomic E-state index is 10.7. The van der Waals surface area contributed by atoms with E-state index in [1.807, 2.05) is 52.0 Å². The van der Waals surface area contributed by atoms with Crippen LogP contribution in [0.3, 0.4) is 0 Å². The van der Waals surface area contributed by atoms with E-state index < -0.39 is 11.9 Å². The number of hydrogen-bond donors (Lipinski definition) is 0. The average molecular weight is 467 g/mol. The van der Waals surface area contributed by atoms with Crippen LogP contribution in [0, 0.1) is 0 Å². The molecule has 0 aliphatic carbocycles. The third-order valence-corrected chi connectivity index (χ3v) is 4.65. The van der Waals surface area contributed by atoms with Crippen LogP contribution >= 0.6 is 0 Å². The van der Waals surface area contributed by atoms with Gasteiger partial charge in [-0.25, -0.2) is 0 Å². The van der Waals surface area contributed by atoms with Gasteiger partial charge in [0.2, 0.25) is 0 Å². The Morgan fingerprint density at radius 2 is 1.04 bits per heavy atom. The van der Waals surface area contributed by atoms with Crippen molar-refractivity contribution in [3.8, 4) is 0 Å². The van der Waals surface area contributed by atoms with Gasteiger partial charge in [-0.05, 0) is 35.8 Å². The minimum Gasteiger partial charge on any atom is -0.545 e. The molecule has 0 spiro atoms. The van der Waals surface area contributed by atoms with Gasteiger partial charge in [-0.3, -0.25) is 0 Å². The zero-order chi connectivity index (χ0) is 19.7. The summed E-state index contributed by atoms with van der Waals surface area (Å²) in [6.45, 7) is 8.11. The van der Waals surface area contributed by atoms with Crippen molar-refractivity contribution in [2.45, 2.75) is 52.4 Å². The molecule has 0 saturated carbocycles. The zero-order valence-electron chi connectivity index (χ0n) is 16.5. The summed E-state index contributed by atoms with van der Waals surface area (Å²) in [7, 11) is 0. The van der Waals surface area contributed by atoms with Crippen LogP contribution in [0.5, 0.6) is 0 Å². The van der Waals surface area contributed by atoms with Gasteiger partial charge in [-0.2, -0.15) is 0 Å². The van der Waals surface area contributed by atoms with Crippen LogP contribution in [0.25, 0.3) is 0 Å². The molecule has 2 rings (SSSR count). The number of benzene rings is 2. The maximum Gasteiger partial charge on any atom is 2.00 e. The number of rotatable bonds is 6. The maximum atomic E-state index is 10.7. The molecule has 2 atom stereocenters. The molecule has 2 aromatic carbocycles. The van der Waals surface area contributed by atoms with Crippen molar-refractivity contribution in [3.05, 3.63) is 70.8 Å². The van der Waals surface area contributed by atoms with Gasteiger partial charge in [-0.1, -0.05) is 76.2 Å². The fourth-order valence-corrected chi connectivity index (χ4v) is 2.67. The Morgan fingerprint density at radius 3 is 1.30 bits per heavy atom. The molecular weight excluding hydrogens is 441 g/mol. The molecule has 2 aromatic rings. The van der Waals surface area contributed by atoms with Crippen LogP contribution in [-0.4, -0.2) is 11.9 Å². The first-order valence-corrected chi connectivity index (χ1v) is 8.93. The molecule has 0 radical (unpaired) electrons. The number of carboxylic acids is 2. The predicted octanol–water partition coefficient (Wildman–Crippen LogP) is 3.12. The monoisotopic (exact) mass is 468 g/mol. The molecule has 0 aromatic heterocycles. The molecule has 0 bridgehead atoms. The van der Waals surface area contributed by atoms with E-state index >= 15 is 0 Å². The molecule has 0 saturated heterocycles. The Bertz CT molecular complexity index is 679. The summed E-state index contributed by atoms with van der Waals surface area (Å²) < 4.78 is 0. The van der Waals surface area contributed by atoms with Gasteiger partial charge in [0.1, 0.15) is 0 Å². The first kappa shape index (κ1) is 25.3. The summed E-state index contributed by atoms with van der Waals surface area (Å²) in [5.41, 5.74) is 2.36. The summed E-state index contributed by atoms with van der Waals surface area (Å²) >= 11 is 0. The first-order valence-electron chi connectivity index (χ1n) is 8.93. The van der Waals surface area contributed by atoms with E-state index in [4.69, 9.17) is 0 Å². The summed E-state index contributed by atoms with van der Waals surface area (Å²) in [6, 6.07) is 14.0. The van der Waals surface area contributed by atoms with Crippen LogP contribution in [0.15, 0.2) is 48.5 Å². The fraction of sp³-hybridized carbons (Fsp3) is 0.364. The molecule has 0 fully saturated rings. The second-order valence-corrected chi connectivity index (χ2v) is 6.37. The van der Waals surface area contributed by atoms with E-state index in [2.05, 4.69) is 0 Å². The summed E-state index contributed by atoms with van der Waals surface area (Å²) in [6.07, 6.45) is 1.87. The summed E-state index contributed by atoms with van der Waals surface area (Å²) in [4.78, 5) is 21.5. The molecule has 27 heavy (non-hydrogen) atoms. The minimum atomic E-state index is -1.09. The third kappa shape index (κ3) is 7.44. The standard InChI is InChI=1S/2C11H14O2.Cd/c2*1-3-8(2)9-6-4-5-7-10(9)11(12)13;/h2*4-8H,3H2,1-2H3,(H,12,13);/q;;+2/p-2. The van der Waals surface area contributed by atoms with Crippen molar-refractivity contribution in [2.75, 3.05) is 0 Å². The van der Waals surface area contributed by atoms with E-state index in [0.717, 1.165) is 24.0 Å². The SMILES string of the molecule is CCC(C)c1ccccc1C(=O)[O-].CCC(C)c1ccccc1C(=O)[O-].[Cd+2]. The van der Waals surface area contributed by atoms with Gasteiger partial charge in [0.25, 0.3) is 0 Å². The van der Waals surface area contributed by atoms with Crippen molar-refractivity contribution in [3.63, 3.8) is 0 Å². The van der Waals surface area contributed by atoms with Gasteiger partial charge in [0, 0.05) is 11.1 Å². The summed E-state index contributed by atoms with van der Waals surface area (Å²) in [5, 5.41) is 21.5. The van der Waals surface area contributed by atoms with Crippen molar-refractivity contribution in [1.29, 1.82) is 0 Å². The number of hydrogen-bond acceptors (Lipinski definition) is 4. The van der Waals surface area contributed by atoms with Gasteiger partial charge >= 0.3 is 27.3 Å². The van der Waals surface area contributed by atoms with Crippen molar-refractivity contribution < 1.29 is 47.1 Å². The normalized spacial score (nSPS) is 12.0. The molecule has 5 heteroatoms. The van der Waals surface area contributed by atoms with Crippen LogP contribution < -0.4 is 10.2 Å². The topological polar surface area (TPSA) is 80.3 Å². The van der Waals surface area contributed by atoms with E-state index in [9.17, 15) is 19.8 Å². The molecular formula is C22H26CdO4. The molecule has 0 aliphatic heterocycles. The number of carboxylic acid groups (broad SMARTS) is 2. The largest absolute Gasteiger partial charge is 2.00 e. The number of carbonyl (C=O) groups excluding carboxylic acids is 2. The van der Waals surface area contributed by atoms with Crippen LogP contribution in [-0.2, 0) is 27.3 Å². The molecule has 0 aliphatic rings. The summed E-state index contributed by atoms with van der Waals surface area (Å²) in [5.74, 6) is -1.63. The molecule has 140 valence electrons. The smallest absolute Gasteiger partial charge is 0.545 e. The number of aromatic carboxylic acids is 2. The van der Waals surface area contributed by atoms with Crippen molar-refractivity contribution >= 4 is 11.9 Å². The second-order valence-electron chi connectivity index (χ2n) is 6.37. The van der Waals surface area contributed by atoms with Crippen LogP contribution in [0.1, 0.15) is 84.2 Å². The van der Waals surface area contributed by atoms with Gasteiger partial charge < -0.3 is 19.8 Å². The predicted molar refractivity (Wildman–Crippen MR) is 99.0 cm³/mol. The Hall–Kier alpha value is -1.70. The van der Waals surface area contributed by atoms with Gasteiger partial charge in [0.05, 0.1) is 11.9 Å². The fourth-order valence-electron chi connectivity index (χ4n) is 2.67. The first-order chi connectivity index (χ1) is 12.3. The van der Waals surface area contributed by atoms with E-state index in [-0.39, 0.29) is 39.1 Å².